The number of hydrogen-bond donors (Lipinski definition) is 2. The summed E-state index contributed by atoms with van der Waals surface area (Å²) >= 11 is 0. The number of aromatic amines is 1. The molecule has 7 heteroatoms. The number of nitrogens with zero attached hydrogens (tertiary/aromatic N) is 3. The van der Waals surface area contributed by atoms with Gasteiger partial charge >= 0.3 is 0 Å². The lowest BCUT2D eigenvalue weighted by Gasteiger charge is -2.22. The van der Waals surface area contributed by atoms with Gasteiger partial charge in [0.2, 0.25) is 0 Å². The molecule has 0 atom stereocenters. The fourth-order valence-electron chi connectivity index (χ4n) is 3.39. The fourth-order valence-corrected chi connectivity index (χ4v) is 3.39. The van der Waals surface area contributed by atoms with Gasteiger partial charge in [0.25, 0.3) is 5.91 Å². The molecule has 140 valence electrons. The predicted molar refractivity (Wildman–Crippen MR) is 104 cm³/mol. The number of amides is 1. The number of para-hydroxylation sites is 1. The van der Waals surface area contributed by atoms with Crippen molar-refractivity contribution >= 4 is 22.6 Å². The van der Waals surface area contributed by atoms with E-state index < -0.39 is 5.82 Å². The van der Waals surface area contributed by atoms with Crippen molar-refractivity contribution in [3.8, 4) is 5.69 Å². The van der Waals surface area contributed by atoms with Gasteiger partial charge in [-0.15, -0.1) is 0 Å². The second-order valence-electron chi connectivity index (χ2n) is 7.03. The lowest BCUT2D eigenvalue weighted by atomic mass is 9.85. The van der Waals surface area contributed by atoms with E-state index in [-0.39, 0.29) is 11.6 Å². The first-order valence-corrected chi connectivity index (χ1v) is 9.29. The van der Waals surface area contributed by atoms with E-state index in [0.717, 1.165) is 16.9 Å². The first-order valence-electron chi connectivity index (χ1n) is 9.29. The molecule has 1 saturated carbocycles. The molecule has 2 heterocycles. The van der Waals surface area contributed by atoms with E-state index in [9.17, 15) is 9.18 Å². The number of H-pyrrole nitrogens is 1. The van der Waals surface area contributed by atoms with E-state index >= 15 is 0 Å². The molecule has 4 aromatic rings. The van der Waals surface area contributed by atoms with E-state index in [0.29, 0.717) is 17.3 Å². The highest BCUT2D eigenvalue weighted by atomic mass is 19.1. The molecule has 2 N–H and O–H groups in total. The summed E-state index contributed by atoms with van der Waals surface area (Å²) in [4.78, 5) is 20.5. The number of benzene rings is 2. The molecule has 0 bridgehead atoms. The molecule has 2 aromatic carbocycles. The summed E-state index contributed by atoms with van der Waals surface area (Å²) < 4.78 is 15.3. The van der Waals surface area contributed by atoms with Gasteiger partial charge in [0.1, 0.15) is 17.3 Å². The van der Waals surface area contributed by atoms with Crippen LogP contribution < -0.4 is 5.32 Å². The van der Waals surface area contributed by atoms with E-state index in [1.165, 1.54) is 30.0 Å². The maximum atomic E-state index is 13.9. The van der Waals surface area contributed by atoms with Crippen LogP contribution in [0.4, 0.5) is 10.1 Å². The average molecular weight is 375 g/mol. The van der Waals surface area contributed by atoms with Crippen LogP contribution in [0.1, 0.15) is 41.5 Å². The quantitative estimate of drug-likeness (QED) is 0.555. The van der Waals surface area contributed by atoms with Crippen molar-refractivity contribution in [2.24, 2.45) is 0 Å². The third kappa shape index (κ3) is 2.94. The lowest BCUT2D eigenvalue weighted by molar-refractivity contribution is 0.102. The standard InChI is InChI=1S/C21H18FN5O/c22-15-6-1-2-7-19(15)27-11-10-17(26-27)21(28)23-14-8-9-16-18(12-14)25-20(24-16)13-4-3-5-13/h1-2,6-13H,3-5H2,(H,23,28)(H,24,25). The Morgan fingerprint density at radius 1 is 1.18 bits per heavy atom. The molecule has 5 rings (SSSR count). The number of fused-ring (bicyclic) bond motifs is 1. The maximum Gasteiger partial charge on any atom is 0.276 e. The first kappa shape index (κ1) is 16.7. The third-order valence-corrected chi connectivity index (χ3v) is 5.17. The smallest absolute Gasteiger partial charge is 0.276 e. The Morgan fingerprint density at radius 3 is 2.82 bits per heavy atom. The third-order valence-electron chi connectivity index (χ3n) is 5.17. The van der Waals surface area contributed by atoms with Crippen molar-refractivity contribution in [2.75, 3.05) is 5.32 Å². The summed E-state index contributed by atoms with van der Waals surface area (Å²) in [6.45, 7) is 0. The van der Waals surface area contributed by atoms with E-state index in [4.69, 9.17) is 0 Å². The zero-order chi connectivity index (χ0) is 19.1. The Bertz CT molecular complexity index is 1170. The summed E-state index contributed by atoms with van der Waals surface area (Å²) in [7, 11) is 0. The number of anilines is 1. The molecule has 28 heavy (non-hydrogen) atoms. The minimum atomic E-state index is -0.399. The van der Waals surface area contributed by atoms with Gasteiger partial charge in [0, 0.05) is 17.8 Å². The van der Waals surface area contributed by atoms with Crippen LogP contribution in [0.3, 0.4) is 0 Å². The van der Waals surface area contributed by atoms with Gasteiger partial charge in [-0.1, -0.05) is 18.6 Å². The van der Waals surface area contributed by atoms with Crippen LogP contribution >= 0.6 is 0 Å². The van der Waals surface area contributed by atoms with Gasteiger partial charge < -0.3 is 10.3 Å². The largest absolute Gasteiger partial charge is 0.342 e. The maximum absolute atomic E-state index is 13.9. The topological polar surface area (TPSA) is 75.6 Å². The zero-order valence-electron chi connectivity index (χ0n) is 15.0. The van der Waals surface area contributed by atoms with Gasteiger partial charge in [-0.05, 0) is 49.2 Å². The molecular formula is C21H18FN5O. The number of halogens is 1. The summed E-state index contributed by atoms with van der Waals surface area (Å²) in [5.41, 5.74) is 2.95. The first-order chi connectivity index (χ1) is 13.7. The number of imidazole rings is 1. The van der Waals surface area contributed by atoms with Gasteiger partial charge in [-0.3, -0.25) is 4.79 Å². The van der Waals surface area contributed by atoms with Crippen molar-refractivity contribution in [1.29, 1.82) is 0 Å². The number of aromatic nitrogens is 4. The van der Waals surface area contributed by atoms with Crippen molar-refractivity contribution in [1.82, 2.24) is 19.7 Å². The average Bonchev–Trinajstić information content (AvgIpc) is 3.27. The highest BCUT2D eigenvalue weighted by molar-refractivity contribution is 6.03. The minimum absolute atomic E-state index is 0.211. The molecule has 1 fully saturated rings. The van der Waals surface area contributed by atoms with E-state index in [2.05, 4.69) is 20.4 Å². The Balaban J connectivity index is 1.36. The molecule has 0 unspecified atom stereocenters. The molecule has 0 radical (unpaired) electrons. The van der Waals surface area contributed by atoms with Crippen molar-refractivity contribution in [3.63, 3.8) is 0 Å². The molecule has 1 aliphatic carbocycles. The number of rotatable bonds is 4. The Labute approximate surface area is 160 Å². The molecule has 1 amide bonds. The summed E-state index contributed by atoms with van der Waals surface area (Å²) in [5.74, 6) is 0.791. The fraction of sp³-hybridized carbons (Fsp3) is 0.190. The Morgan fingerprint density at radius 2 is 2.04 bits per heavy atom. The predicted octanol–water partition coefficient (Wildman–Crippen LogP) is 4.41. The van der Waals surface area contributed by atoms with Crippen LogP contribution in [0.5, 0.6) is 0 Å². The van der Waals surface area contributed by atoms with Gasteiger partial charge in [-0.25, -0.2) is 14.1 Å². The van der Waals surface area contributed by atoms with E-state index in [1.54, 1.807) is 30.5 Å². The van der Waals surface area contributed by atoms with Crippen LogP contribution in [-0.4, -0.2) is 25.7 Å². The molecular weight excluding hydrogens is 357 g/mol. The molecule has 2 aromatic heterocycles. The summed E-state index contributed by atoms with van der Waals surface area (Å²) in [6, 6.07) is 13.4. The molecule has 6 nitrogen and oxygen atoms in total. The zero-order valence-corrected chi connectivity index (χ0v) is 15.0. The molecule has 0 spiro atoms. The van der Waals surface area contributed by atoms with Crippen LogP contribution in [0.15, 0.2) is 54.7 Å². The molecule has 1 aliphatic rings. The van der Waals surface area contributed by atoms with Gasteiger partial charge in [0.05, 0.1) is 11.0 Å². The summed E-state index contributed by atoms with van der Waals surface area (Å²) in [6.07, 6.45) is 5.17. The normalized spacial score (nSPS) is 14.2. The molecule has 0 saturated heterocycles. The SMILES string of the molecule is O=C(Nc1ccc2nc(C3CCC3)[nH]c2c1)c1ccn(-c2ccccc2F)n1. The number of hydrogen-bond acceptors (Lipinski definition) is 3. The second kappa shape index (κ2) is 6.60. The highest BCUT2D eigenvalue weighted by Crippen LogP contribution is 2.35. The lowest BCUT2D eigenvalue weighted by Crippen LogP contribution is -2.13. The molecule has 0 aliphatic heterocycles. The van der Waals surface area contributed by atoms with Crippen LogP contribution in [-0.2, 0) is 0 Å². The van der Waals surface area contributed by atoms with Crippen LogP contribution in [0.25, 0.3) is 16.7 Å². The number of carbonyl (C=O) groups is 1. The van der Waals surface area contributed by atoms with Gasteiger partial charge in [0.15, 0.2) is 5.69 Å². The minimum Gasteiger partial charge on any atom is -0.342 e. The van der Waals surface area contributed by atoms with Crippen molar-refractivity contribution in [3.05, 3.63) is 72.1 Å². The monoisotopic (exact) mass is 375 g/mol. The Kier molecular flexibility index (Phi) is 3.93. The van der Waals surface area contributed by atoms with Crippen LogP contribution in [0, 0.1) is 5.82 Å². The van der Waals surface area contributed by atoms with E-state index in [1.807, 2.05) is 18.2 Å². The van der Waals surface area contributed by atoms with Crippen LogP contribution in [0.2, 0.25) is 0 Å². The number of nitrogens with one attached hydrogen (secondary N) is 2. The van der Waals surface area contributed by atoms with Crippen molar-refractivity contribution in [2.45, 2.75) is 25.2 Å². The summed E-state index contributed by atoms with van der Waals surface area (Å²) in [5, 5.41) is 7.03. The van der Waals surface area contributed by atoms with Gasteiger partial charge in [-0.2, -0.15) is 5.10 Å². The Hall–Kier alpha value is -3.48. The van der Waals surface area contributed by atoms with Crippen molar-refractivity contribution < 1.29 is 9.18 Å². The second-order valence-corrected chi connectivity index (χ2v) is 7.03. The highest BCUT2D eigenvalue weighted by Gasteiger charge is 2.22. The number of carbonyl (C=O) groups excluding carboxylic acids is 1.